The number of hydrogen-bond donors (Lipinski definition) is 0. The number of benzene rings is 1. The monoisotopic (exact) mass is 270 g/mol. The second kappa shape index (κ2) is 4.45. The van der Waals surface area contributed by atoms with E-state index in [0.29, 0.717) is 6.61 Å². The largest absolute Gasteiger partial charge is 0.369 e. The Morgan fingerprint density at radius 1 is 1.47 bits per heavy atom. The summed E-state index contributed by atoms with van der Waals surface area (Å²) in [5.41, 5.74) is 2.15. The lowest BCUT2D eigenvalue weighted by molar-refractivity contribution is 0.0415. The van der Waals surface area contributed by atoms with E-state index in [1.54, 1.807) is 6.07 Å². The van der Waals surface area contributed by atoms with Crippen LogP contribution in [0.25, 0.3) is 0 Å². The molecule has 1 aliphatic heterocycles. The third kappa shape index (κ3) is 2.47. The third-order valence-electron chi connectivity index (χ3n) is 2.56. The van der Waals surface area contributed by atoms with Crippen molar-refractivity contribution in [2.45, 2.75) is 18.9 Å². The van der Waals surface area contributed by atoms with Crippen molar-refractivity contribution in [1.82, 2.24) is 0 Å². The minimum atomic E-state index is -0.231. The maximum absolute atomic E-state index is 12.9. The van der Waals surface area contributed by atoms with Gasteiger partial charge >= 0.3 is 0 Å². The van der Waals surface area contributed by atoms with Gasteiger partial charge in [0.15, 0.2) is 0 Å². The maximum Gasteiger partial charge on any atom is 0.124 e. The van der Waals surface area contributed by atoms with Gasteiger partial charge in [-0.15, -0.1) is 0 Å². The summed E-state index contributed by atoms with van der Waals surface area (Å²) < 4.78 is 19.3. The van der Waals surface area contributed by atoms with E-state index < -0.39 is 0 Å². The molecule has 3 heteroatoms. The summed E-state index contributed by atoms with van der Waals surface area (Å²) in [5, 5.41) is 0. The van der Waals surface area contributed by atoms with Gasteiger partial charge in [-0.25, -0.2) is 4.39 Å². The van der Waals surface area contributed by atoms with Gasteiger partial charge in [0.25, 0.3) is 0 Å². The lowest BCUT2D eigenvalue weighted by Crippen LogP contribution is -2.13. The Balaban J connectivity index is 2.19. The Hall–Kier alpha value is -0.670. The molecule has 1 aromatic carbocycles. The molecule has 1 aromatic rings. The van der Waals surface area contributed by atoms with Crippen LogP contribution in [0.1, 0.15) is 24.5 Å². The molecule has 0 amide bonds. The zero-order valence-corrected chi connectivity index (χ0v) is 9.89. The highest BCUT2D eigenvalue weighted by atomic mass is 79.9. The minimum Gasteiger partial charge on any atom is -0.369 e. The molecule has 0 bridgehead atoms. The molecule has 0 aliphatic carbocycles. The molecule has 1 fully saturated rings. The molecule has 80 valence electrons. The Morgan fingerprint density at radius 2 is 2.27 bits per heavy atom. The molecule has 1 atom stereocenters. The smallest absolute Gasteiger partial charge is 0.124 e. The molecule has 1 aliphatic rings. The van der Waals surface area contributed by atoms with Crippen molar-refractivity contribution in [1.29, 1.82) is 0 Å². The first kappa shape index (κ1) is 10.8. The zero-order valence-electron chi connectivity index (χ0n) is 8.30. The predicted octanol–water partition coefficient (Wildman–Crippen LogP) is 4.00. The lowest BCUT2D eigenvalue weighted by Gasteiger charge is -2.25. The van der Waals surface area contributed by atoms with Crippen LogP contribution in [-0.4, -0.2) is 6.61 Å². The van der Waals surface area contributed by atoms with Crippen molar-refractivity contribution in [2.24, 2.45) is 0 Å². The summed E-state index contributed by atoms with van der Waals surface area (Å²) >= 11 is 3.36. The van der Waals surface area contributed by atoms with E-state index in [-0.39, 0.29) is 11.9 Å². The molecule has 0 radical (unpaired) electrons. The highest BCUT2D eigenvalue weighted by Crippen LogP contribution is 2.34. The van der Waals surface area contributed by atoms with Crippen molar-refractivity contribution in [2.75, 3.05) is 6.61 Å². The zero-order chi connectivity index (χ0) is 10.8. The Morgan fingerprint density at radius 3 is 2.87 bits per heavy atom. The molecular formula is C12H12BrFO. The first-order chi connectivity index (χ1) is 7.16. The molecule has 0 aromatic heterocycles. The van der Waals surface area contributed by atoms with Crippen LogP contribution in [0.4, 0.5) is 4.39 Å². The van der Waals surface area contributed by atoms with Gasteiger partial charge in [-0.05, 0) is 30.5 Å². The lowest BCUT2D eigenvalue weighted by atomic mass is 9.99. The van der Waals surface area contributed by atoms with E-state index in [1.165, 1.54) is 12.1 Å². The van der Waals surface area contributed by atoms with Crippen molar-refractivity contribution in [3.05, 3.63) is 46.2 Å². The molecule has 2 rings (SSSR count). The number of hydrogen-bond acceptors (Lipinski definition) is 1. The van der Waals surface area contributed by atoms with Crippen molar-refractivity contribution >= 4 is 15.9 Å². The summed E-state index contributed by atoms with van der Waals surface area (Å²) in [5.74, 6) is -0.231. The fraction of sp³-hybridized carbons (Fsp3) is 0.333. The van der Waals surface area contributed by atoms with E-state index in [9.17, 15) is 4.39 Å². The minimum absolute atomic E-state index is 0.0606. The molecule has 0 saturated carbocycles. The number of rotatable bonds is 1. The highest BCUT2D eigenvalue weighted by Gasteiger charge is 2.20. The van der Waals surface area contributed by atoms with E-state index in [2.05, 4.69) is 22.5 Å². The Bertz CT molecular complexity index is 379. The van der Waals surface area contributed by atoms with Gasteiger partial charge in [-0.2, -0.15) is 0 Å². The van der Waals surface area contributed by atoms with Crippen LogP contribution in [0.2, 0.25) is 0 Å². The van der Waals surface area contributed by atoms with Crippen molar-refractivity contribution in [3.63, 3.8) is 0 Å². The quantitative estimate of drug-likeness (QED) is 0.701. The molecule has 0 N–H and O–H groups in total. The van der Waals surface area contributed by atoms with Crippen LogP contribution in [0, 0.1) is 5.82 Å². The topological polar surface area (TPSA) is 9.23 Å². The molecule has 1 heterocycles. The average molecular weight is 271 g/mol. The molecular weight excluding hydrogens is 259 g/mol. The first-order valence-electron chi connectivity index (χ1n) is 4.90. The highest BCUT2D eigenvalue weighted by molar-refractivity contribution is 9.10. The van der Waals surface area contributed by atoms with Gasteiger partial charge in [0, 0.05) is 4.47 Å². The van der Waals surface area contributed by atoms with Gasteiger partial charge in [0.2, 0.25) is 0 Å². The Kier molecular flexibility index (Phi) is 3.22. The summed E-state index contributed by atoms with van der Waals surface area (Å²) in [6, 6.07) is 4.72. The Labute approximate surface area is 97.1 Å². The second-order valence-corrected chi connectivity index (χ2v) is 4.61. The normalized spacial score (nSPS) is 21.7. The molecule has 1 saturated heterocycles. The predicted molar refractivity (Wildman–Crippen MR) is 61.2 cm³/mol. The average Bonchev–Trinajstić information content (AvgIpc) is 2.20. The van der Waals surface area contributed by atoms with Gasteiger partial charge in [0.05, 0.1) is 12.7 Å². The van der Waals surface area contributed by atoms with E-state index >= 15 is 0 Å². The van der Waals surface area contributed by atoms with Gasteiger partial charge < -0.3 is 4.74 Å². The van der Waals surface area contributed by atoms with Crippen LogP contribution in [-0.2, 0) is 4.74 Å². The van der Waals surface area contributed by atoms with Crippen LogP contribution in [0.3, 0.4) is 0 Å². The van der Waals surface area contributed by atoms with Gasteiger partial charge in [-0.1, -0.05) is 34.1 Å². The molecule has 1 unspecified atom stereocenters. The van der Waals surface area contributed by atoms with Crippen LogP contribution in [0.5, 0.6) is 0 Å². The summed E-state index contributed by atoms with van der Waals surface area (Å²) in [4.78, 5) is 0. The standard InChI is InChI=1S/C12H12BrFO/c1-8-2-5-12(15-7-8)10-4-3-9(14)6-11(10)13/h3-4,6,12H,1-2,5,7H2. The number of ether oxygens (including phenoxy) is 1. The van der Waals surface area contributed by atoms with Crippen LogP contribution >= 0.6 is 15.9 Å². The van der Waals surface area contributed by atoms with E-state index in [1.807, 2.05) is 0 Å². The molecule has 0 spiro atoms. The van der Waals surface area contributed by atoms with Gasteiger partial charge in [0.1, 0.15) is 5.82 Å². The SMILES string of the molecule is C=C1CCC(c2ccc(F)cc2Br)OC1. The van der Waals surface area contributed by atoms with E-state index in [0.717, 1.165) is 28.5 Å². The summed E-state index contributed by atoms with van der Waals surface area (Å²) in [6.07, 6.45) is 1.96. The first-order valence-corrected chi connectivity index (χ1v) is 5.69. The van der Waals surface area contributed by atoms with Gasteiger partial charge in [-0.3, -0.25) is 0 Å². The molecule has 15 heavy (non-hydrogen) atoms. The van der Waals surface area contributed by atoms with Crippen LogP contribution < -0.4 is 0 Å². The summed E-state index contributed by atoms with van der Waals surface area (Å²) in [6.45, 7) is 4.49. The maximum atomic E-state index is 12.9. The van der Waals surface area contributed by atoms with Crippen LogP contribution in [0.15, 0.2) is 34.8 Å². The van der Waals surface area contributed by atoms with Crippen molar-refractivity contribution < 1.29 is 9.13 Å². The third-order valence-corrected chi connectivity index (χ3v) is 3.24. The van der Waals surface area contributed by atoms with Crippen molar-refractivity contribution in [3.8, 4) is 0 Å². The fourth-order valence-electron chi connectivity index (χ4n) is 1.72. The van der Waals surface area contributed by atoms with E-state index in [4.69, 9.17) is 4.74 Å². The molecule has 1 nitrogen and oxygen atoms in total. The fourth-order valence-corrected chi connectivity index (χ4v) is 2.32. The summed E-state index contributed by atoms with van der Waals surface area (Å²) in [7, 11) is 0. The number of halogens is 2. The second-order valence-electron chi connectivity index (χ2n) is 3.75.